The summed E-state index contributed by atoms with van der Waals surface area (Å²) < 4.78 is 46.0. The predicted octanol–water partition coefficient (Wildman–Crippen LogP) is 1.53. The van der Waals surface area contributed by atoms with E-state index in [1.807, 2.05) is 0 Å². The summed E-state index contributed by atoms with van der Waals surface area (Å²) >= 11 is 5.58. The van der Waals surface area contributed by atoms with Crippen LogP contribution in [0.2, 0.25) is 5.02 Å². The lowest BCUT2D eigenvalue weighted by Gasteiger charge is -2.18. The highest BCUT2D eigenvalue weighted by atomic mass is 35.5. The lowest BCUT2D eigenvalue weighted by atomic mass is 10.0. The number of rotatable bonds is 7. The van der Waals surface area contributed by atoms with E-state index in [1.54, 1.807) is 6.92 Å². The van der Waals surface area contributed by atoms with Crippen molar-refractivity contribution in [1.29, 1.82) is 0 Å². The standard InChI is InChI=1S/C12H16ClFN2O4S/c1-3-15-21(18,19)16-11(7-12(17)20-2)8-4-5-9(13)10(14)6-8/h4-6,11,15-16H,3,7H2,1-2H3/t11-/m0/s1. The molecule has 0 bridgehead atoms. The van der Waals surface area contributed by atoms with E-state index in [2.05, 4.69) is 14.2 Å². The van der Waals surface area contributed by atoms with E-state index in [9.17, 15) is 17.6 Å². The van der Waals surface area contributed by atoms with Crippen LogP contribution in [-0.4, -0.2) is 28.0 Å². The monoisotopic (exact) mass is 338 g/mol. The van der Waals surface area contributed by atoms with Crippen molar-refractivity contribution in [2.24, 2.45) is 0 Å². The molecule has 9 heteroatoms. The molecular formula is C12H16ClFN2O4S. The Morgan fingerprint density at radius 2 is 2.14 bits per heavy atom. The maximum Gasteiger partial charge on any atom is 0.307 e. The van der Waals surface area contributed by atoms with Crippen molar-refractivity contribution in [2.75, 3.05) is 13.7 Å². The second-order valence-corrected chi connectivity index (χ2v) is 6.06. The van der Waals surface area contributed by atoms with Gasteiger partial charge in [0.05, 0.1) is 24.6 Å². The van der Waals surface area contributed by atoms with Crippen LogP contribution >= 0.6 is 11.6 Å². The average Bonchev–Trinajstić information content (AvgIpc) is 2.40. The summed E-state index contributed by atoms with van der Waals surface area (Å²) in [6.07, 6.45) is -0.276. The number of nitrogens with one attached hydrogen (secondary N) is 2. The molecule has 0 aliphatic heterocycles. The second kappa shape index (κ2) is 7.69. The van der Waals surface area contributed by atoms with E-state index in [1.165, 1.54) is 19.2 Å². The average molecular weight is 339 g/mol. The van der Waals surface area contributed by atoms with Gasteiger partial charge in [-0.2, -0.15) is 13.1 Å². The molecule has 118 valence electrons. The number of benzene rings is 1. The van der Waals surface area contributed by atoms with Crippen molar-refractivity contribution in [3.8, 4) is 0 Å². The first-order valence-electron chi connectivity index (χ1n) is 6.07. The van der Waals surface area contributed by atoms with Gasteiger partial charge >= 0.3 is 5.97 Å². The number of hydrogen-bond acceptors (Lipinski definition) is 4. The minimum absolute atomic E-state index is 0.0925. The molecule has 1 aromatic carbocycles. The number of carbonyl (C=O) groups is 1. The zero-order valence-electron chi connectivity index (χ0n) is 11.5. The van der Waals surface area contributed by atoms with E-state index < -0.39 is 28.0 Å². The largest absolute Gasteiger partial charge is 0.469 e. The van der Waals surface area contributed by atoms with E-state index >= 15 is 0 Å². The van der Waals surface area contributed by atoms with Crippen molar-refractivity contribution < 1.29 is 22.3 Å². The Labute approximate surface area is 127 Å². The quantitative estimate of drug-likeness (QED) is 0.738. The molecule has 0 unspecified atom stereocenters. The summed E-state index contributed by atoms with van der Waals surface area (Å²) in [5.41, 5.74) is 0.267. The number of esters is 1. The fourth-order valence-corrected chi connectivity index (χ4v) is 2.80. The highest BCUT2D eigenvalue weighted by Gasteiger charge is 2.23. The van der Waals surface area contributed by atoms with Crippen LogP contribution in [0, 0.1) is 5.82 Å². The van der Waals surface area contributed by atoms with Gasteiger partial charge in [0.25, 0.3) is 10.2 Å². The van der Waals surface area contributed by atoms with Crippen molar-refractivity contribution in [3.63, 3.8) is 0 Å². The summed E-state index contributed by atoms with van der Waals surface area (Å²) in [5, 5.41) is -0.0925. The van der Waals surface area contributed by atoms with Crippen LogP contribution in [-0.2, 0) is 19.7 Å². The molecular weight excluding hydrogens is 323 g/mol. The lowest BCUT2D eigenvalue weighted by Crippen LogP contribution is -2.39. The van der Waals surface area contributed by atoms with Crippen LogP contribution in [0.3, 0.4) is 0 Å². The molecule has 0 radical (unpaired) electrons. The molecule has 0 spiro atoms. The molecule has 1 aromatic rings. The van der Waals surface area contributed by atoms with Crippen molar-refractivity contribution in [2.45, 2.75) is 19.4 Å². The molecule has 2 N–H and O–H groups in total. The van der Waals surface area contributed by atoms with Crippen LogP contribution in [0.5, 0.6) is 0 Å². The number of ether oxygens (including phenoxy) is 1. The summed E-state index contributed by atoms with van der Waals surface area (Å²) in [7, 11) is -2.64. The molecule has 0 amide bonds. The number of carbonyl (C=O) groups excluding carboxylic acids is 1. The molecule has 0 aliphatic carbocycles. The van der Waals surface area contributed by atoms with Crippen molar-refractivity contribution in [3.05, 3.63) is 34.6 Å². The fourth-order valence-electron chi connectivity index (χ4n) is 1.63. The number of halogens is 2. The molecule has 0 heterocycles. The Balaban J connectivity index is 3.06. The van der Waals surface area contributed by atoms with Gasteiger partial charge in [0.15, 0.2) is 0 Å². The molecule has 21 heavy (non-hydrogen) atoms. The first-order valence-corrected chi connectivity index (χ1v) is 7.94. The zero-order valence-corrected chi connectivity index (χ0v) is 13.1. The Hall–Kier alpha value is -1.22. The van der Waals surface area contributed by atoms with Gasteiger partial charge in [0.1, 0.15) is 5.82 Å². The van der Waals surface area contributed by atoms with Crippen LogP contribution < -0.4 is 9.44 Å². The van der Waals surface area contributed by atoms with Crippen LogP contribution in [0.1, 0.15) is 24.9 Å². The van der Waals surface area contributed by atoms with Crippen LogP contribution in [0.25, 0.3) is 0 Å². The molecule has 0 saturated heterocycles. The van der Waals surface area contributed by atoms with Gasteiger partial charge in [-0.1, -0.05) is 24.6 Å². The van der Waals surface area contributed by atoms with Gasteiger partial charge in [-0.3, -0.25) is 4.79 Å². The Bertz CT molecular complexity index is 609. The number of hydrogen-bond donors (Lipinski definition) is 2. The highest BCUT2D eigenvalue weighted by Crippen LogP contribution is 2.23. The van der Waals surface area contributed by atoms with Gasteiger partial charge in [-0.05, 0) is 17.7 Å². The Morgan fingerprint density at radius 3 is 2.67 bits per heavy atom. The molecule has 0 aromatic heterocycles. The summed E-state index contributed by atoms with van der Waals surface area (Å²) in [4.78, 5) is 11.4. The predicted molar refractivity (Wildman–Crippen MR) is 76.5 cm³/mol. The SMILES string of the molecule is CCNS(=O)(=O)N[C@@H](CC(=O)OC)c1ccc(Cl)c(F)c1. The smallest absolute Gasteiger partial charge is 0.307 e. The van der Waals surface area contributed by atoms with E-state index in [-0.39, 0.29) is 23.6 Å². The molecule has 0 fully saturated rings. The van der Waals surface area contributed by atoms with E-state index in [0.717, 1.165) is 6.07 Å². The third-order valence-electron chi connectivity index (χ3n) is 2.58. The lowest BCUT2D eigenvalue weighted by molar-refractivity contribution is -0.141. The van der Waals surface area contributed by atoms with Crippen molar-refractivity contribution >= 4 is 27.8 Å². The summed E-state index contributed by atoms with van der Waals surface area (Å²) in [5.74, 6) is -1.33. The summed E-state index contributed by atoms with van der Waals surface area (Å²) in [6.45, 7) is 1.78. The van der Waals surface area contributed by atoms with Gasteiger partial charge < -0.3 is 4.74 Å². The minimum atomic E-state index is -3.82. The van der Waals surface area contributed by atoms with Gasteiger partial charge in [0, 0.05) is 6.54 Å². The molecule has 1 rings (SSSR count). The third-order valence-corrected chi connectivity index (χ3v) is 4.15. The zero-order chi connectivity index (χ0) is 16.0. The number of methoxy groups -OCH3 is 1. The minimum Gasteiger partial charge on any atom is -0.469 e. The Kier molecular flexibility index (Phi) is 6.53. The topological polar surface area (TPSA) is 84.5 Å². The molecule has 0 saturated carbocycles. The molecule has 6 nitrogen and oxygen atoms in total. The first kappa shape index (κ1) is 17.8. The Morgan fingerprint density at radius 1 is 1.48 bits per heavy atom. The first-order chi connectivity index (χ1) is 9.79. The normalized spacial score (nSPS) is 13.0. The highest BCUT2D eigenvalue weighted by molar-refractivity contribution is 7.87. The molecule has 0 aliphatic rings. The van der Waals surface area contributed by atoms with Gasteiger partial charge in [-0.25, -0.2) is 9.11 Å². The fraction of sp³-hybridized carbons (Fsp3) is 0.417. The maximum absolute atomic E-state index is 13.5. The van der Waals surface area contributed by atoms with Gasteiger partial charge in [-0.15, -0.1) is 0 Å². The van der Waals surface area contributed by atoms with E-state index in [4.69, 9.17) is 11.6 Å². The third kappa shape index (κ3) is 5.58. The van der Waals surface area contributed by atoms with Crippen LogP contribution in [0.4, 0.5) is 4.39 Å². The summed E-state index contributed by atoms with van der Waals surface area (Å²) in [6, 6.07) is 2.84. The second-order valence-electron chi connectivity index (χ2n) is 4.13. The van der Waals surface area contributed by atoms with Gasteiger partial charge in [0.2, 0.25) is 0 Å². The van der Waals surface area contributed by atoms with E-state index in [0.29, 0.717) is 0 Å². The molecule has 1 atom stereocenters. The van der Waals surface area contributed by atoms with Crippen LogP contribution in [0.15, 0.2) is 18.2 Å². The maximum atomic E-state index is 13.5. The van der Waals surface area contributed by atoms with Crippen molar-refractivity contribution in [1.82, 2.24) is 9.44 Å².